The van der Waals surface area contributed by atoms with Crippen molar-refractivity contribution in [2.75, 3.05) is 31.2 Å². The number of ether oxygens (including phenoxy) is 2. The zero-order chi connectivity index (χ0) is 22.5. The lowest BCUT2D eigenvalue weighted by atomic mass is 9.94. The molecule has 1 amide bonds. The fourth-order valence-electron chi connectivity index (χ4n) is 3.86. The summed E-state index contributed by atoms with van der Waals surface area (Å²) < 4.78 is 10.6. The Morgan fingerprint density at radius 3 is 2.42 bits per heavy atom. The van der Waals surface area contributed by atoms with Crippen LogP contribution in [-0.2, 0) is 14.3 Å². The minimum atomic E-state index is -1.50. The van der Waals surface area contributed by atoms with Crippen LogP contribution in [0.15, 0.2) is 29.8 Å². The number of benzene rings is 1. The summed E-state index contributed by atoms with van der Waals surface area (Å²) in [6.07, 6.45) is -4.54. The Bertz CT molecular complexity index is 844. The molecule has 1 unspecified atom stereocenters. The van der Waals surface area contributed by atoms with Gasteiger partial charge in [-0.05, 0) is 36.6 Å². The number of nitriles is 1. The molecule has 0 radical (unpaired) electrons. The van der Waals surface area contributed by atoms with Gasteiger partial charge in [0, 0.05) is 18.8 Å². The Labute approximate surface area is 181 Å². The van der Waals surface area contributed by atoms with Gasteiger partial charge in [0.1, 0.15) is 29.9 Å². The van der Waals surface area contributed by atoms with E-state index in [0.29, 0.717) is 30.8 Å². The van der Waals surface area contributed by atoms with Crippen molar-refractivity contribution < 1.29 is 29.6 Å². The fraction of sp³-hybridized carbons (Fsp3) is 0.545. The monoisotopic (exact) mass is 431 g/mol. The lowest BCUT2D eigenvalue weighted by Gasteiger charge is -2.40. The number of allylic oxidation sites excluding steroid dienone is 1. The maximum atomic E-state index is 12.7. The lowest BCUT2D eigenvalue weighted by Crippen LogP contribution is -2.63. The Morgan fingerprint density at radius 1 is 1.19 bits per heavy atom. The second-order valence-electron chi connectivity index (χ2n) is 7.71. The van der Waals surface area contributed by atoms with Crippen molar-refractivity contribution >= 4 is 17.2 Å². The number of amides is 1. The summed E-state index contributed by atoms with van der Waals surface area (Å²) in [5.41, 5.74) is 2.05. The fourth-order valence-corrected chi connectivity index (χ4v) is 3.86. The van der Waals surface area contributed by atoms with Gasteiger partial charge in [-0.1, -0.05) is 19.1 Å². The standard InChI is InChI=1S/C22H29N3O6/c1-3-17-19(26)20(27)18(22(29)31-17)24-21(28)16(12-23)13(2)14-4-6-15(7-5-14)25-8-10-30-11-9-25/h4-7,17-20,22,26-27,29H,3,8-11H2,1-2H3,(H,24,28)/b16-13+/t17-,18-,19-,20-,22?/m1/s1. The minimum Gasteiger partial charge on any atom is -0.388 e. The van der Waals surface area contributed by atoms with Gasteiger partial charge in [0.25, 0.3) is 5.91 Å². The van der Waals surface area contributed by atoms with E-state index in [9.17, 15) is 25.4 Å². The highest BCUT2D eigenvalue weighted by Gasteiger charge is 2.44. The van der Waals surface area contributed by atoms with Crippen LogP contribution in [0.1, 0.15) is 25.8 Å². The largest absolute Gasteiger partial charge is 0.388 e. The second kappa shape index (κ2) is 10.2. The molecule has 1 aromatic rings. The van der Waals surface area contributed by atoms with Crippen molar-refractivity contribution in [2.45, 2.75) is 50.9 Å². The molecule has 4 N–H and O–H groups in total. The third-order valence-corrected chi connectivity index (χ3v) is 5.81. The van der Waals surface area contributed by atoms with Gasteiger partial charge >= 0.3 is 0 Å². The zero-order valence-corrected chi connectivity index (χ0v) is 17.7. The van der Waals surface area contributed by atoms with Gasteiger partial charge in [-0.2, -0.15) is 5.26 Å². The van der Waals surface area contributed by atoms with Gasteiger partial charge in [0.05, 0.1) is 19.3 Å². The predicted molar refractivity (Wildman–Crippen MR) is 113 cm³/mol. The molecule has 2 aliphatic rings. The Balaban J connectivity index is 1.75. The molecule has 168 valence electrons. The lowest BCUT2D eigenvalue weighted by molar-refractivity contribution is -0.247. The number of carbonyl (C=O) groups excluding carboxylic acids is 1. The molecule has 0 bridgehead atoms. The number of aliphatic hydroxyl groups is 3. The number of hydrogen-bond donors (Lipinski definition) is 4. The molecule has 0 saturated carbocycles. The maximum absolute atomic E-state index is 12.7. The second-order valence-corrected chi connectivity index (χ2v) is 7.71. The highest BCUT2D eigenvalue weighted by molar-refractivity contribution is 6.04. The van der Waals surface area contributed by atoms with E-state index in [0.717, 1.165) is 18.8 Å². The number of hydrogen-bond acceptors (Lipinski definition) is 8. The molecule has 2 heterocycles. The number of nitrogens with zero attached hydrogens (tertiary/aromatic N) is 2. The third-order valence-electron chi connectivity index (χ3n) is 5.81. The summed E-state index contributed by atoms with van der Waals surface area (Å²) in [4.78, 5) is 14.9. The number of carbonyl (C=O) groups is 1. The third kappa shape index (κ3) is 5.06. The van der Waals surface area contributed by atoms with Crippen molar-refractivity contribution in [3.63, 3.8) is 0 Å². The average molecular weight is 431 g/mol. The van der Waals surface area contributed by atoms with Gasteiger partial charge in [0.2, 0.25) is 0 Å². The van der Waals surface area contributed by atoms with E-state index in [1.54, 1.807) is 13.8 Å². The molecule has 9 nitrogen and oxygen atoms in total. The van der Waals surface area contributed by atoms with Crippen LogP contribution in [-0.4, -0.2) is 78.2 Å². The molecule has 0 aromatic heterocycles. The minimum absolute atomic E-state index is 0.148. The molecule has 0 aliphatic carbocycles. The maximum Gasteiger partial charge on any atom is 0.262 e. The van der Waals surface area contributed by atoms with Crippen LogP contribution in [0.25, 0.3) is 5.57 Å². The van der Waals surface area contributed by atoms with E-state index < -0.39 is 36.6 Å². The first-order valence-electron chi connectivity index (χ1n) is 10.4. The first-order chi connectivity index (χ1) is 14.9. The normalized spacial score (nSPS) is 29.7. The van der Waals surface area contributed by atoms with Crippen molar-refractivity contribution in [1.82, 2.24) is 5.32 Å². The van der Waals surface area contributed by atoms with Crippen molar-refractivity contribution in [2.24, 2.45) is 0 Å². The van der Waals surface area contributed by atoms with Gasteiger partial charge < -0.3 is 35.0 Å². The first-order valence-corrected chi connectivity index (χ1v) is 10.4. The number of anilines is 1. The Kier molecular flexibility index (Phi) is 7.64. The molecule has 2 aliphatic heterocycles. The summed E-state index contributed by atoms with van der Waals surface area (Å²) in [5, 5.41) is 42.6. The van der Waals surface area contributed by atoms with Crippen LogP contribution < -0.4 is 10.2 Å². The zero-order valence-electron chi connectivity index (χ0n) is 17.7. The smallest absolute Gasteiger partial charge is 0.262 e. The molecule has 31 heavy (non-hydrogen) atoms. The summed E-state index contributed by atoms with van der Waals surface area (Å²) in [7, 11) is 0. The first kappa shape index (κ1) is 23.2. The van der Waals surface area contributed by atoms with E-state index in [4.69, 9.17) is 9.47 Å². The highest BCUT2D eigenvalue weighted by Crippen LogP contribution is 2.25. The van der Waals surface area contributed by atoms with Crippen molar-refractivity contribution in [3.8, 4) is 6.07 Å². The van der Waals surface area contributed by atoms with E-state index in [1.165, 1.54) is 0 Å². The molecule has 5 atom stereocenters. The topological polar surface area (TPSA) is 135 Å². The van der Waals surface area contributed by atoms with E-state index >= 15 is 0 Å². The molecule has 3 rings (SSSR count). The van der Waals surface area contributed by atoms with E-state index in [1.807, 2.05) is 30.3 Å². The van der Waals surface area contributed by atoms with Crippen LogP contribution in [0.3, 0.4) is 0 Å². The van der Waals surface area contributed by atoms with Gasteiger partial charge in [-0.25, -0.2) is 0 Å². The van der Waals surface area contributed by atoms with Crippen molar-refractivity contribution in [1.29, 1.82) is 5.26 Å². The summed E-state index contributed by atoms with van der Waals surface area (Å²) in [5.74, 6) is -0.758. The number of morpholine rings is 1. The molecule has 2 fully saturated rings. The van der Waals surface area contributed by atoms with Crippen LogP contribution >= 0.6 is 0 Å². The van der Waals surface area contributed by atoms with Crippen LogP contribution in [0.4, 0.5) is 5.69 Å². The van der Waals surface area contributed by atoms with Crippen LogP contribution in [0.5, 0.6) is 0 Å². The SMILES string of the molecule is CC[C@H]1OC(O)[C@H](NC(=O)/C(C#N)=C(\C)c2ccc(N3CCOCC3)cc2)[C@@H](O)[C@@H]1O. The molecule has 0 spiro atoms. The van der Waals surface area contributed by atoms with Gasteiger partial charge in [0.15, 0.2) is 6.29 Å². The Hall–Kier alpha value is -2.48. The van der Waals surface area contributed by atoms with E-state index in [2.05, 4.69) is 10.2 Å². The van der Waals surface area contributed by atoms with Crippen LogP contribution in [0, 0.1) is 11.3 Å². The quantitative estimate of drug-likeness (QED) is 0.382. The predicted octanol–water partition coefficient (Wildman–Crippen LogP) is 0.154. The number of aliphatic hydroxyl groups excluding tert-OH is 3. The van der Waals surface area contributed by atoms with Crippen LogP contribution in [0.2, 0.25) is 0 Å². The number of rotatable bonds is 5. The molecular weight excluding hydrogens is 402 g/mol. The Morgan fingerprint density at radius 2 is 1.84 bits per heavy atom. The van der Waals surface area contributed by atoms with E-state index in [-0.39, 0.29) is 5.57 Å². The number of nitrogens with one attached hydrogen (secondary N) is 1. The summed E-state index contributed by atoms with van der Waals surface area (Å²) in [6.45, 7) is 6.37. The summed E-state index contributed by atoms with van der Waals surface area (Å²) in [6, 6.07) is 8.19. The summed E-state index contributed by atoms with van der Waals surface area (Å²) >= 11 is 0. The molecular formula is C22H29N3O6. The van der Waals surface area contributed by atoms with Gasteiger partial charge in [-0.15, -0.1) is 0 Å². The molecule has 1 aromatic carbocycles. The molecule has 2 saturated heterocycles. The van der Waals surface area contributed by atoms with Crippen molar-refractivity contribution in [3.05, 3.63) is 35.4 Å². The average Bonchev–Trinajstić information content (AvgIpc) is 2.80. The van der Waals surface area contributed by atoms with Gasteiger partial charge in [-0.3, -0.25) is 4.79 Å². The highest BCUT2D eigenvalue weighted by atomic mass is 16.6. The molecule has 9 heteroatoms.